The predicted octanol–water partition coefficient (Wildman–Crippen LogP) is 3.71. The van der Waals surface area contributed by atoms with Gasteiger partial charge < -0.3 is 14.6 Å². The van der Waals surface area contributed by atoms with Gasteiger partial charge >= 0.3 is 0 Å². The van der Waals surface area contributed by atoms with Gasteiger partial charge in [-0.25, -0.2) is 0 Å². The molecule has 3 heteroatoms. The van der Waals surface area contributed by atoms with E-state index < -0.39 is 6.10 Å². The highest BCUT2D eigenvalue weighted by Gasteiger charge is 2.21. The van der Waals surface area contributed by atoms with E-state index in [1.54, 1.807) is 14.2 Å². The van der Waals surface area contributed by atoms with Gasteiger partial charge in [0.15, 0.2) is 0 Å². The highest BCUT2D eigenvalue weighted by molar-refractivity contribution is 5.51. The summed E-state index contributed by atoms with van der Waals surface area (Å²) in [5, 5.41) is 10.8. The van der Waals surface area contributed by atoms with Crippen LogP contribution in [0, 0.1) is 20.8 Å². The van der Waals surface area contributed by atoms with Crippen LogP contribution in [0.4, 0.5) is 0 Å². The van der Waals surface area contributed by atoms with Crippen molar-refractivity contribution in [1.29, 1.82) is 0 Å². The Balaban J connectivity index is 2.55. The van der Waals surface area contributed by atoms with Gasteiger partial charge in [-0.1, -0.05) is 24.3 Å². The monoisotopic (exact) mass is 286 g/mol. The molecule has 1 N–H and O–H groups in total. The van der Waals surface area contributed by atoms with Crippen molar-refractivity contribution in [3.05, 3.63) is 58.1 Å². The molecule has 0 aromatic heterocycles. The summed E-state index contributed by atoms with van der Waals surface area (Å²) < 4.78 is 10.9. The summed E-state index contributed by atoms with van der Waals surface area (Å²) >= 11 is 0. The zero-order valence-electron chi connectivity index (χ0n) is 13.2. The molecule has 2 rings (SSSR count). The molecule has 2 aromatic carbocycles. The minimum atomic E-state index is -0.783. The molecule has 0 spiro atoms. The molecule has 0 saturated carbocycles. The van der Waals surface area contributed by atoms with E-state index in [2.05, 4.69) is 0 Å². The molecule has 0 bridgehead atoms. The fraction of sp³-hybridized carbons (Fsp3) is 0.333. The Morgan fingerprint density at radius 1 is 0.905 bits per heavy atom. The smallest absolute Gasteiger partial charge is 0.128 e. The first-order valence-corrected chi connectivity index (χ1v) is 6.96. The Morgan fingerprint density at radius 2 is 1.57 bits per heavy atom. The quantitative estimate of drug-likeness (QED) is 0.931. The summed E-state index contributed by atoms with van der Waals surface area (Å²) in [5.41, 5.74) is 4.76. The lowest BCUT2D eigenvalue weighted by Gasteiger charge is -2.20. The van der Waals surface area contributed by atoms with Crippen LogP contribution >= 0.6 is 0 Å². The maximum absolute atomic E-state index is 10.8. The van der Waals surface area contributed by atoms with Crippen LogP contribution < -0.4 is 9.47 Å². The lowest BCUT2D eigenvalue weighted by atomic mass is 9.95. The number of hydrogen-bond acceptors (Lipinski definition) is 3. The number of rotatable bonds is 4. The fourth-order valence-electron chi connectivity index (χ4n) is 2.51. The van der Waals surface area contributed by atoms with E-state index >= 15 is 0 Å². The predicted molar refractivity (Wildman–Crippen MR) is 84.3 cm³/mol. The molecular weight excluding hydrogens is 264 g/mol. The number of hydrogen-bond donors (Lipinski definition) is 1. The van der Waals surface area contributed by atoms with Crippen molar-refractivity contribution in [2.75, 3.05) is 14.2 Å². The van der Waals surface area contributed by atoms with E-state index in [0.717, 1.165) is 33.6 Å². The number of aliphatic hydroxyl groups is 1. The average molecular weight is 286 g/mol. The van der Waals surface area contributed by atoms with E-state index in [9.17, 15) is 5.11 Å². The van der Waals surface area contributed by atoms with Crippen LogP contribution in [0.25, 0.3) is 0 Å². The molecule has 0 heterocycles. The molecule has 1 atom stereocenters. The molecule has 0 aliphatic carbocycles. The molecule has 1 unspecified atom stereocenters. The van der Waals surface area contributed by atoms with Gasteiger partial charge in [-0.3, -0.25) is 0 Å². The SMILES string of the molecule is COc1cc(C)ccc1C(O)c1ccc(C)c(C)c1OC. The molecule has 0 aliphatic rings. The minimum Gasteiger partial charge on any atom is -0.496 e. The number of benzene rings is 2. The highest BCUT2D eigenvalue weighted by Crippen LogP contribution is 2.37. The third-order valence-electron chi connectivity index (χ3n) is 3.89. The Morgan fingerprint density at radius 3 is 2.19 bits per heavy atom. The standard InChI is InChI=1S/C18H22O3/c1-11-6-8-14(16(10-11)20-4)17(19)15-9-7-12(2)13(3)18(15)21-5/h6-10,17,19H,1-5H3. The van der Waals surface area contributed by atoms with Gasteiger partial charge in [0.05, 0.1) is 14.2 Å². The van der Waals surface area contributed by atoms with Gasteiger partial charge in [-0.05, 0) is 43.5 Å². The molecule has 21 heavy (non-hydrogen) atoms. The molecule has 0 saturated heterocycles. The van der Waals surface area contributed by atoms with E-state index in [4.69, 9.17) is 9.47 Å². The van der Waals surface area contributed by atoms with Crippen molar-refractivity contribution >= 4 is 0 Å². The minimum absolute atomic E-state index is 0.683. The second kappa shape index (κ2) is 6.19. The fourth-order valence-corrected chi connectivity index (χ4v) is 2.51. The van der Waals surface area contributed by atoms with Crippen molar-refractivity contribution in [2.24, 2.45) is 0 Å². The molecule has 0 radical (unpaired) electrons. The van der Waals surface area contributed by atoms with Gasteiger partial charge in [-0.2, -0.15) is 0 Å². The summed E-state index contributed by atoms with van der Waals surface area (Å²) in [4.78, 5) is 0. The molecule has 0 aliphatic heterocycles. The maximum Gasteiger partial charge on any atom is 0.128 e. The first-order chi connectivity index (χ1) is 9.99. The molecular formula is C18H22O3. The Kier molecular flexibility index (Phi) is 4.53. The number of aryl methyl sites for hydroxylation is 2. The summed E-state index contributed by atoms with van der Waals surface area (Å²) in [5.74, 6) is 1.41. The van der Waals surface area contributed by atoms with E-state index in [1.165, 1.54) is 0 Å². The zero-order chi connectivity index (χ0) is 15.6. The lowest BCUT2D eigenvalue weighted by molar-refractivity contribution is 0.209. The number of ether oxygens (including phenoxy) is 2. The summed E-state index contributed by atoms with van der Waals surface area (Å²) in [6, 6.07) is 9.69. The molecule has 3 nitrogen and oxygen atoms in total. The van der Waals surface area contributed by atoms with Crippen molar-refractivity contribution in [2.45, 2.75) is 26.9 Å². The number of aliphatic hydroxyl groups excluding tert-OH is 1. The maximum atomic E-state index is 10.8. The zero-order valence-corrected chi connectivity index (χ0v) is 13.2. The van der Waals surface area contributed by atoms with Crippen LogP contribution in [0.2, 0.25) is 0 Å². The first-order valence-electron chi connectivity index (χ1n) is 6.96. The van der Waals surface area contributed by atoms with Crippen molar-refractivity contribution in [3.63, 3.8) is 0 Å². The lowest BCUT2D eigenvalue weighted by Crippen LogP contribution is -2.06. The molecule has 0 fully saturated rings. The summed E-state index contributed by atoms with van der Waals surface area (Å²) in [6.07, 6.45) is -0.783. The van der Waals surface area contributed by atoms with Gasteiger partial charge in [0, 0.05) is 11.1 Å². The van der Waals surface area contributed by atoms with Gasteiger partial charge in [-0.15, -0.1) is 0 Å². The first kappa shape index (κ1) is 15.4. The second-order valence-electron chi connectivity index (χ2n) is 5.28. The molecule has 2 aromatic rings. The summed E-state index contributed by atoms with van der Waals surface area (Å²) in [7, 11) is 3.24. The van der Waals surface area contributed by atoms with E-state index in [1.807, 2.05) is 51.1 Å². The van der Waals surface area contributed by atoms with Crippen LogP contribution in [0.15, 0.2) is 30.3 Å². The summed E-state index contributed by atoms with van der Waals surface area (Å²) in [6.45, 7) is 6.02. The second-order valence-corrected chi connectivity index (χ2v) is 5.28. The van der Waals surface area contributed by atoms with Crippen molar-refractivity contribution in [3.8, 4) is 11.5 Å². The molecule has 0 amide bonds. The topological polar surface area (TPSA) is 38.7 Å². The third-order valence-corrected chi connectivity index (χ3v) is 3.89. The van der Waals surface area contributed by atoms with Crippen LogP contribution in [-0.2, 0) is 0 Å². The van der Waals surface area contributed by atoms with Crippen LogP contribution in [-0.4, -0.2) is 19.3 Å². The van der Waals surface area contributed by atoms with Crippen LogP contribution in [0.1, 0.15) is 33.9 Å². The third kappa shape index (κ3) is 2.88. The van der Waals surface area contributed by atoms with E-state index in [0.29, 0.717) is 5.75 Å². The number of methoxy groups -OCH3 is 2. The Hall–Kier alpha value is -2.00. The van der Waals surface area contributed by atoms with Crippen LogP contribution in [0.3, 0.4) is 0 Å². The Bertz CT molecular complexity index is 647. The van der Waals surface area contributed by atoms with Gasteiger partial charge in [0.2, 0.25) is 0 Å². The molecule has 112 valence electrons. The van der Waals surface area contributed by atoms with Crippen LogP contribution in [0.5, 0.6) is 11.5 Å². The van der Waals surface area contributed by atoms with Crippen molar-refractivity contribution in [1.82, 2.24) is 0 Å². The Labute approximate surface area is 126 Å². The van der Waals surface area contributed by atoms with Gasteiger partial charge in [0.25, 0.3) is 0 Å². The normalized spacial score (nSPS) is 12.1. The largest absolute Gasteiger partial charge is 0.496 e. The van der Waals surface area contributed by atoms with E-state index in [-0.39, 0.29) is 0 Å². The highest BCUT2D eigenvalue weighted by atomic mass is 16.5. The van der Waals surface area contributed by atoms with Gasteiger partial charge in [0.1, 0.15) is 17.6 Å². The average Bonchev–Trinajstić information content (AvgIpc) is 2.49. The van der Waals surface area contributed by atoms with Crippen molar-refractivity contribution < 1.29 is 14.6 Å².